The monoisotopic (exact) mass is 267 g/mol. The topological polar surface area (TPSA) is 39.2 Å². The minimum absolute atomic E-state index is 0.153. The predicted molar refractivity (Wildman–Crippen MR) is 72.5 cm³/mol. The second-order valence-electron chi connectivity index (χ2n) is 3.70. The van der Waals surface area contributed by atoms with E-state index in [2.05, 4.69) is 0 Å². The van der Waals surface area contributed by atoms with Crippen molar-refractivity contribution in [1.29, 1.82) is 0 Å². The van der Waals surface area contributed by atoms with Crippen molar-refractivity contribution in [2.45, 2.75) is 17.1 Å². The maximum Gasteiger partial charge on any atom is 0.114 e. The van der Waals surface area contributed by atoms with Gasteiger partial charge in [0.1, 0.15) is 5.76 Å². The molecule has 0 aliphatic carbocycles. The lowest BCUT2D eigenvalue weighted by Gasteiger charge is -2.15. The van der Waals surface area contributed by atoms with Gasteiger partial charge in [0.15, 0.2) is 0 Å². The number of nitrogens with two attached hydrogens (primary N) is 1. The fraction of sp³-hybridized carbons (Fsp3) is 0.231. The maximum atomic E-state index is 6.19. The minimum Gasteiger partial charge on any atom is -0.468 e. The van der Waals surface area contributed by atoms with E-state index in [9.17, 15) is 0 Å². The number of hydrogen-bond donors (Lipinski definition) is 1. The molecule has 2 N–H and O–H groups in total. The quantitative estimate of drug-likeness (QED) is 0.850. The third-order valence-electron chi connectivity index (χ3n) is 2.55. The minimum atomic E-state index is 0.153. The molecule has 0 aliphatic rings. The fourth-order valence-electron chi connectivity index (χ4n) is 1.62. The number of hydrogen-bond acceptors (Lipinski definition) is 3. The van der Waals surface area contributed by atoms with Crippen LogP contribution < -0.4 is 5.73 Å². The van der Waals surface area contributed by atoms with Gasteiger partial charge in [-0.2, -0.15) is 0 Å². The van der Waals surface area contributed by atoms with Crippen LogP contribution in [0.1, 0.15) is 16.6 Å². The lowest BCUT2D eigenvalue weighted by molar-refractivity contribution is 0.526. The third-order valence-corrected chi connectivity index (χ3v) is 4.30. The predicted octanol–water partition coefficient (Wildman–Crippen LogP) is 4.03. The molecule has 0 radical (unpaired) electrons. The van der Waals surface area contributed by atoms with E-state index in [0.717, 1.165) is 21.2 Å². The van der Waals surface area contributed by atoms with E-state index in [4.69, 9.17) is 21.8 Å². The number of halogens is 1. The summed E-state index contributed by atoms with van der Waals surface area (Å²) in [6.07, 6.45) is 1.69. The molecule has 0 bridgehead atoms. The normalized spacial score (nSPS) is 12.6. The lowest BCUT2D eigenvalue weighted by atomic mass is 10.1. The van der Waals surface area contributed by atoms with Crippen LogP contribution in [0.3, 0.4) is 0 Å². The van der Waals surface area contributed by atoms with Gasteiger partial charge in [-0.15, -0.1) is 11.8 Å². The molecule has 0 spiro atoms. The van der Waals surface area contributed by atoms with Crippen LogP contribution in [-0.2, 0) is 0 Å². The molecule has 0 fully saturated rings. The summed E-state index contributed by atoms with van der Waals surface area (Å²) in [7, 11) is 0. The first-order chi connectivity index (χ1) is 8.22. The molecule has 90 valence electrons. The molecular formula is C13H14ClNOS. The van der Waals surface area contributed by atoms with Gasteiger partial charge in [0.25, 0.3) is 0 Å². The highest BCUT2D eigenvalue weighted by Crippen LogP contribution is 2.39. The maximum absolute atomic E-state index is 6.19. The van der Waals surface area contributed by atoms with Gasteiger partial charge in [0, 0.05) is 21.7 Å². The Kier molecular flexibility index (Phi) is 4.15. The SMILES string of the molecule is Cc1occc1SC(CN)c1ccccc1Cl. The standard InChI is InChI=1S/C13H14ClNOS/c1-9-12(6-7-16-9)17-13(8-15)10-4-2-3-5-11(10)14/h2-7,13H,8,15H2,1H3. The zero-order valence-electron chi connectivity index (χ0n) is 9.52. The fourth-order valence-corrected chi connectivity index (χ4v) is 3.04. The largest absolute Gasteiger partial charge is 0.468 e. The number of rotatable bonds is 4. The van der Waals surface area contributed by atoms with Gasteiger partial charge in [-0.1, -0.05) is 29.8 Å². The number of furan rings is 1. The van der Waals surface area contributed by atoms with E-state index >= 15 is 0 Å². The van der Waals surface area contributed by atoms with E-state index in [1.165, 1.54) is 0 Å². The molecule has 1 unspecified atom stereocenters. The van der Waals surface area contributed by atoms with Crippen molar-refractivity contribution in [1.82, 2.24) is 0 Å². The average molecular weight is 268 g/mol. The van der Waals surface area contributed by atoms with Crippen molar-refractivity contribution >= 4 is 23.4 Å². The first kappa shape index (κ1) is 12.6. The molecule has 17 heavy (non-hydrogen) atoms. The summed E-state index contributed by atoms with van der Waals surface area (Å²) < 4.78 is 5.28. The van der Waals surface area contributed by atoms with Crippen molar-refractivity contribution in [3.05, 3.63) is 52.9 Å². The van der Waals surface area contributed by atoms with Crippen LogP contribution in [-0.4, -0.2) is 6.54 Å². The van der Waals surface area contributed by atoms with Crippen molar-refractivity contribution in [3.63, 3.8) is 0 Å². The molecule has 2 nitrogen and oxygen atoms in total. The van der Waals surface area contributed by atoms with Crippen molar-refractivity contribution < 1.29 is 4.42 Å². The molecular weight excluding hydrogens is 254 g/mol. The molecule has 2 rings (SSSR count). The zero-order valence-corrected chi connectivity index (χ0v) is 11.1. The van der Waals surface area contributed by atoms with Gasteiger partial charge in [-0.25, -0.2) is 0 Å². The molecule has 1 aromatic carbocycles. The highest BCUT2D eigenvalue weighted by molar-refractivity contribution is 7.99. The van der Waals surface area contributed by atoms with Crippen LogP contribution in [0.5, 0.6) is 0 Å². The molecule has 0 amide bonds. The number of aryl methyl sites for hydroxylation is 1. The zero-order chi connectivity index (χ0) is 12.3. The van der Waals surface area contributed by atoms with Crippen molar-refractivity contribution in [2.75, 3.05) is 6.54 Å². The highest BCUT2D eigenvalue weighted by Gasteiger charge is 2.16. The van der Waals surface area contributed by atoms with Gasteiger partial charge in [-0.3, -0.25) is 0 Å². The second-order valence-corrected chi connectivity index (χ2v) is 5.36. The molecule has 1 aromatic heterocycles. The molecule has 4 heteroatoms. The van der Waals surface area contributed by atoms with Crippen LogP contribution in [0.4, 0.5) is 0 Å². The lowest BCUT2D eigenvalue weighted by Crippen LogP contribution is -2.09. The molecule has 0 saturated heterocycles. The number of benzene rings is 1. The van der Waals surface area contributed by atoms with Gasteiger partial charge in [0.2, 0.25) is 0 Å². The molecule has 2 aromatic rings. The Morgan fingerprint density at radius 1 is 1.35 bits per heavy atom. The first-order valence-corrected chi connectivity index (χ1v) is 6.63. The van der Waals surface area contributed by atoms with E-state index < -0.39 is 0 Å². The second kappa shape index (κ2) is 5.63. The van der Waals surface area contributed by atoms with Gasteiger partial charge in [0.05, 0.1) is 6.26 Å². The van der Waals surface area contributed by atoms with Gasteiger partial charge < -0.3 is 10.2 Å². The van der Waals surface area contributed by atoms with Crippen LogP contribution in [0, 0.1) is 6.92 Å². The Labute approximate surface area is 110 Å². The molecule has 0 saturated carbocycles. The third kappa shape index (κ3) is 2.86. The number of thioether (sulfide) groups is 1. The van der Waals surface area contributed by atoms with Crippen molar-refractivity contribution in [2.24, 2.45) is 5.73 Å². The van der Waals surface area contributed by atoms with Crippen LogP contribution in [0.15, 0.2) is 45.9 Å². The Morgan fingerprint density at radius 3 is 2.71 bits per heavy atom. The summed E-state index contributed by atoms with van der Waals surface area (Å²) in [6.45, 7) is 2.49. The summed E-state index contributed by atoms with van der Waals surface area (Å²) in [6, 6.07) is 9.77. The van der Waals surface area contributed by atoms with Crippen LogP contribution in [0.2, 0.25) is 5.02 Å². The summed E-state index contributed by atoms with van der Waals surface area (Å²) in [5, 5.41) is 0.914. The Bertz CT molecular complexity index is 498. The summed E-state index contributed by atoms with van der Waals surface area (Å²) in [5.74, 6) is 0.917. The van der Waals surface area contributed by atoms with E-state index in [1.54, 1.807) is 18.0 Å². The van der Waals surface area contributed by atoms with Gasteiger partial charge in [-0.05, 0) is 24.6 Å². The smallest absolute Gasteiger partial charge is 0.114 e. The Hall–Kier alpha value is -0.900. The highest BCUT2D eigenvalue weighted by atomic mass is 35.5. The Morgan fingerprint density at radius 2 is 2.12 bits per heavy atom. The van der Waals surface area contributed by atoms with E-state index in [1.807, 2.05) is 37.3 Å². The first-order valence-electron chi connectivity index (χ1n) is 5.37. The van der Waals surface area contributed by atoms with E-state index in [-0.39, 0.29) is 5.25 Å². The molecule has 0 aliphatic heterocycles. The molecule has 1 heterocycles. The van der Waals surface area contributed by atoms with Crippen LogP contribution in [0.25, 0.3) is 0 Å². The Balaban J connectivity index is 2.23. The van der Waals surface area contributed by atoms with E-state index in [0.29, 0.717) is 6.54 Å². The molecule has 1 atom stereocenters. The van der Waals surface area contributed by atoms with Gasteiger partial charge >= 0.3 is 0 Å². The summed E-state index contributed by atoms with van der Waals surface area (Å²) in [4.78, 5) is 1.11. The summed E-state index contributed by atoms with van der Waals surface area (Å²) in [5.41, 5.74) is 6.90. The van der Waals surface area contributed by atoms with Crippen molar-refractivity contribution in [3.8, 4) is 0 Å². The average Bonchev–Trinajstić information content (AvgIpc) is 2.73. The summed E-state index contributed by atoms with van der Waals surface area (Å²) >= 11 is 7.87. The van der Waals surface area contributed by atoms with Crippen LogP contribution >= 0.6 is 23.4 Å².